The van der Waals surface area contributed by atoms with E-state index in [4.69, 9.17) is 5.26 Å². The first-order valence-electron chi connectivity index (χ1n) is 5.86. The summed E-state index contributed by atoms with van der Waals surface area (Å²) >= 11 is 3.24. The van der Waals surface area contributed by atoms with Crippen molar-refractivity contribution in [3.8, 4) is 6.07 Å². The number of piperidine rings is 1. The smallest absolute Gasteiger partial charge is 0.255 e. The SMILES string of the molecule is CC1(C#N)CCN(C(=O)c2ccc(Br)nc2)CC1. The molecule has 1 saturated heterocycles. The molecule has 0 aromatic carbocycles. The monoisotopic (exact) mass is 307 g/mol. The number of hydrogen-bond donors (Lipinski definition) is 0. The van der Waals surface area contributed by atoms with E-state index < -0.39 is 0 Å². The van der Waals surface area contributed by atoms with Crippen LogP contribution < -0.4 is 0 Å². The molecule has 0 aliphatic carbocycles. The molecule has 0 atom stereocenters. The van der Waals surface area contributed by atoms with Crippen LogP contribution >= 0.6 is 15.9 Å². The van der Waals surface area contributed by atoms with E-state index >= 15 is 0 Å². The Morgan fingerprint density at radius 2 is 2.17 bits per heavy atom. The summed E-state index contributed by atoms with van der Waals surface area (Å²) in [6.45, 7) is 3.23. The second-order valence-corrected chi connectivity index (χ2v) is 5.65. The zero-order valence-electron chi connectivity index (χ0n) is 10.2. The molecule has 1 aliphatic rings. The van der Waals surface area contributed by atoms with Gasteiger partial charge in [-0.25, -0.2) is 4.98 Å². The summed E-state index contributed by atoms with van der Waals surface area (Å²) < 4.78 is 0.717. The zero-order chi connectivity index (χ0) is 13.2. The number of hydrogen-bond acceptors (Lipinski definition) is 3. The van der Waals surface area contributed by atoms with Crippen LogP contribution in [0.25, 0.3) is 0 Å². The molecule has 1 aromatic rings. The highest BCUT2D eigenvalue weighted by Gasteiger charge is 2.32. The predicted octanol–water partition coefficient (Wildman–Crippen LogP) is 2.61. The third kappa shape index (κ3) is 2.70. The fourth-order valence-corrected chi connectivity index (χ4v) is 2.23. The highest BCUT2D eigenvalue weighted by atomic mass is 79.9. The molecule has 1 aromatic heterocycles. The Labute approximate surface area is 115 Å². The minimum Gasteiger partial charge on any atom is -0.338 e. The molecule has 2 rings (SSSR count). The average Bonchev–Trinajstić information content (AvgIpc) is 2.40. The van der Waals surface area contributed by atoms with Crippen molar-refractivity contribution < 1.29 is 4.79 Å². The first kappa shape index (κ1) is 13.0. The van der Waals surface area contributed by atoms with Gasteiger partial charge in [0.25, 0.3) is 5.91 Å². The molecule has 18 heavy (non-hydrogen) atoms. The number of carbonyl (C=O) groups is 1. The fraction of sp³-hybridized carbons (Fsp3) is 0.462. The van der Waals surface area contributed by atoms with E-state index in [1.54, 1.807) is 23.2 Å². The van der Waals surface area contributed by atoms with Gasteiger partial charge in [-0.3, -0.25) is 4.79 Å². The Kier molecular flexibility index (Phi) is 3.67. The van der Waals surface area contributed by atoms with Crippen LogP contribution in [0.5, 0.6) is 0 Å². The Morgan fingerprint density at radius 3 is 2.67 bits per heavy atom. The molecule has 94 valence electrons. The molecule has 1 aliphatic heterocycles. The molecule has 0 saturated carbocycles. The zero-order valence-corrected chi connectivity index (χ0v) is 11.8. The van der Waals surface area contributed by atoms with Gasteiger partial charge in [0.2, 0.25) is 0 Å². The molecule has 0 unspecified atom stereocenters. The number of carbonyl (C=O) groups excluding carboxylic acids is 1. The minimum atomic E-state index is -0.283. The second-order valence-electron chi connectivity index (χ2n) is 4.83. The Morgan fingerprint density at radius 1 is 1.50 bits per heavy atom. The quantitative estimate of drug-likeness (QED) is 0.749. The summed E-state index contributed by atoms with van der Waals surface area (Å²) in [5.41, 5.74) is 0.313. The van der Waals surface area contributed by atoms with Crippen molar-refractivity contribution in [2.75, 3.05) is 13.1 Å². The van der Waals surface area contributed by atoms with Crippen molar-refractivity contribution in [3.63, 3.8) is 0 Å². The summed E-state index contributed by atoms with van der Waals surface area (Å²) in [5.74, 6) is -0.00464. The van der Waals surface area contributed by atoms with Gasteiger partial charge < -0.3 is 4.90 Å². The van der Waals surface area contributed by atoms with Gasteiger partial charge >= 0.3 is 0 Å². The van der Waals surface area contributed by atoms with E-state index in [1.165, 1.54) is 0 Å². The van der Waals surface area contributed by atoms with E-state index in [2.05, 4.69) is 27.0 Å². The summed E-state index contributed by atoms with van der Waals surface area (Å²) in [7, 11) is 0. The van der Waals surface area contributed by atoms with E-state index in [-0.39, 0.29) is 11.3 Å². The van der Waals surface area contributed by atoms with Gasteiger partial charge in [-0.15, -0.1) is 0 Å². The number of nitriles is 1. The summed E-state index contributed by atoms with van der Waals surface area (Å²) in [5, 5.41) is 9.05. The van der Waals surface area contributed by atoms with Crippen LogP contribution in [0, 0.1) is 16.7 Å². The van der Waals surface area contributed by atoms with Crippen molar-refractivity contribution in [1.29, 1.82) is 5.26 Å². The maximum Gasteiger partial charge on any atom is 0.255 e. The van der Waals surface area contributed by atoms with Crippen LogP contribution in [-0.2, 0) is 0 Å². The number of amides is 1. The minimum absolute atomic E-state index is 0.00464. The molecule has 1 amide bonds. The maximum atomic E-state index is 12.2. The number of nitrogens with zero attached hydrogens (tertiary/aromatic N) is 3. The van der Waals surface area contributed by atoms with Crippen LogP contribution in [0.15, 0.2) is 22.9 Å². The van der Waals surface area contributed by atoms with Crippen molar-refractivity contribution >= 4 is 21.8 Å². The van der Waals surface area contributed by atoms with Gasteiger partial charge in [-0.2, -0.15) is 5.26 Å². The van der Waals surface area contributed by atoms with Crippen LogP contribution in [0.2, 0.25) is 0 Å². The molecule has 2 heterocycles. The highest BCUT2D eigenvalue weighted by Crippen LogP contribution is 2.30. The van der Waals surface area contributed by atoms with E-state index in [1.807, 2.05) is 6.92 Å². The first-order chi connectivity index (χ1) is 8.54. The number of halogens is 1. The molecular weight excluding hydrogens is 294 g/mol. The molecule has 0 spiro atoms. The van der Waals surface area contributed by atoms with Gasteiger partial charge in [0.15, 0.2) is 0 Å². The third-order valence-corrected chi connectivity index (χ3v) is 3.87. The van der Waals surface area contributed by atoms with Gasteiger partial charge in [0, 0.05) is 19.3 Å². The lowest BCUT2D eigenvalue weighted by atomic mass is 9.82. The summed E-state index contributed by atoms with van der Waals surface area (Å²) in [4.78, 5) is 18.1. The summed E-state index contributed by atoms with van der Waals surface area (Å²) in [6.07, 6.45) is 3.04. The van der Waals surface area contributed by atoms with Crippen LogP contribution in [0.1, 0.15) is 30.1 Å². The van der Waals surface area contributed by atoms with Gasteiger partial charge in [-0.05, 0) is 47.8 Å². The topological polar surface area (TPSA) is 57.0 Å². The van der Waals surface area contributed by atoms with Crippen LogP contribution in [0.4, 0.5) is 0 Å². The number of rotatable bonds is 1. The molecule has 0 radical (unpaired) electrons. The molecular formula is C13H14BrN3O. The maximum absolute atomic E-state index is 12.2. The Balaban J connectivity index is 2.04. The molecule has 1 fully saturated rings. The fourth-order valence-electron chi connectivity index (χ4n) is 2.00. The number of likely N-dealkylation sites (tertiary alicyclic amines) is 1. The Bertz CT molecular complexity index is 484. The molecule has 0 bridgehead atoms. The van der Waals surface area contributed by atoms with Crippen molar-refractivity contribution in [2.45, 2.75) is 19.8 Å². The van der Waals surface area contributed by atoms with E-state index in [9.17, 15) is 4.79 Å². The summed E-state index contributed by atoms with van der Waals surface area (Å²) in [6, 6.07) is 5.85. The first-order valence-corrected chi connectivity index (χ1v) is 6.65. The van der Waals surface area contributed by atoms with Crippen molar-refractivity contribution in [3.05, 3.63) is 28.5 Å². The van der Waals surface area contributed by atoms with Gasteiger partial charge in [-0.1, -0.05) is 0 Å². The largest absolute Gasteiger partial charge is 0.338 e. The lowest BCUT2D eigenvalue weighted by molar-refractivity contribution is 0.0661. The van der Waals surface area contributed by atoms with Gasteiger partial charge in [0.1, 0.15) is 4.60 Å². The van der Waals surface area contributed by atoms with E-state index in [0.29, 0.717) is 18.7 Å². The predicted molar refractivity (Wildman–Crippen MR) is 70.8 cm³/mol. The molecule has 5 heteroatoms. The standard InChI is InChI=1S/C13H14BrN3O/c1-13(9-15)4-6-17(7-5-13)12(18)10-2-3-11(14)16-8-10/h2-3,8H,4-7H2,1H3. The van der Waals surface area contributed by atoms with Crippen molar-refractivity contribution in [2.24, 2.45) is 5.41 Å². The van der Waals surface area contributed by atoms with Gasteiger partial charge in [0.05, 0.1) is 17.0 Å². The lowest BCUT2D eigenvalue weighted by Gasteiger charge is -2.34. The molecule has 0 N–H and O–H groups in total. The van der Waals surface area contributed by atoms with Crippen LogP contribution in [0.3, 0.4) is 0 Å². The number of aromatic nitrogens is 1. The van der Waals surface area contributed by atoms with Crippen LogP contribution in [-0.4, -0.2) is 28.9 Å². The average molecular weight is 308 g/mol. The lowest BCUT2D eigenvalue weighted by Crippen LogP contribution is -2.41. The normalized spacial score (nSPS) is 18.2. The van der Waals surface area contributed by atoms with E-state index in [0.717, 1.165) is 17.4 Å². The number of pyridine rings is 1. The second kappa shape index (κ2) is 5.07. The molecule has 4 nitrogen and oxygen atoms in total. The van der Waals surface area contributed by atoms with Crippen molar-refractivity contribution in [1.82, 2.24) is 9.88 Å². The Hall–Kier alpha value is -1.41. The highest BCUT2D eigenvalue weighted by molar-refractivity contribution is 9.10. The third-order valence-electron chi connectivity index (χ3n) is 3.40.